The minimum absolute atomic E-state index is 0.310. The third-order valence-electron chi connectivity index (χ3n) is 2.65. The van der Waals surface area contributed by atoms with E-state index in [-0.39, 0.29) is 6.10 Å². The Balaban J connectivity index is 1.72. The second kappa shape index (κ2) is 5.08. The number of tetrazole rings is 1. The van der Waals surface area contributed by atoms with Crippen LogP contribution in [0.15, 0.2) is 35.1 Å². The normalized spacial score (nSPS) is 12.3. The van der Waals surface area contributed by atoms with Gasteiger partial charge in [0.05, 0.1) is 5.69 Å². The van der Waals surface area contributed by atoms with Gasteiger partial charge in [-0.3, -0.25) is 0 Å². The van der Waals surface area contributed by atoms with Crippen molar-refractivity contribution in [3.63, 3.8) is 0 Å². The van der Waals surface area contributed by atoms with Crippen LogP contribution in [0.5, 0.6) is 5.75 Å². The van der Waals surface area contributed by atoms with Gasteiger partial charge < -0.3 is 9.26 Å². The summed E-state index contributed by atoms with van der Waals surface area (Å²) in [6, 6.07) is 7.38. The molecule has 0 amide bonds. The van der Waals surface area contributed by atoms with Gasteiger partial charge in [0.25, 0.3) is 5.89 Å². The first-order valence-electron chi connectivity index (χ1n) is 6.02. The maximum absolute atomic E-state index is 5.73. The molecule has 0 N–H and O–H groups in total. The molecule has 0 fully saturated rings. The number of aryl methyl sites for hydroxylation is 1. The highest BCUT2D eigenvalue weighted by atomic mass is 16.5. The summed E-state index contributed by atoms with van der Waals surface area (Å²) in [5.74, 6) is 1.74. The van der Waals surface area contributed by atoms with Crippen LogP contribution in [0.25, 0.3) is 5.69 Å². The van der Waals surface area contributed by atoms with Crippen LogP contribution < -0.4 is 4.74 Å². The van der Waals surface area contributed by atoms with Crippen LogP contribution in [0.3, 0.4) is 0 Å². The van der Waals surface area contributed by atoms with E-state index in [1.54, 1.807) is 11.6 Å². The van der Waals surface area contributed by atoms with Crippen LogP contribution in [0, 0.1) is 6.92 Å². The van der Waals surface area contributed by atoms with Gasteiger partial charge in [0.2, 0.25) is 0 Å². The average molecular weight is 272 g/mol. The number of hydrogen-bond acceptors (Lipinski definition) is 7. The molecule has 0 saturated carbocycles. The summed E-state index contributed by atoms with van der Waals surface area (Å²) in [5, 5.41) is 14.7. The van der Waals surface area contributed by atoms with E-state index in [1.165, 1.54) is 6.33 Å². The van der Waals surface area contributed by atoms with Crippen molar-refractivity contribution < 1.29 is 9.26 Å². The molecule has 3 rings (SSSR count). The number of rotatable bonds is 4. The molecule has 2 aromatic heterocycles. The third-order valence-corrected chi connectivity index (χ3v) is 2.65. The first-order valence-corrected chi connectivity index (χ1v) is 6.02. The summed E-state index contributed by atoms with van der Waals surface area (Å²) in [7, 11) is 0. The third kappa shape index (κ3) is 2.48. The standard InChI is InChI=1S/C12H12N6O2/c1-8(12-14-9(2)15-20-12)19-11-5-3-10(4-6-11)18-7-13-16-17-18/h3-8H,1-2H3/t8-/m0/s1. The maximum Gasteiger partial charge on any atom is 0.267 e. The first-order chi connectivity index (χ1) is 9.72. The molecule has 0 aliphatic heterocycles. The molecular formula is C12H12N6O2. The van der Waals surface area contributed by atoms with Gasteiger partial charge in [-0.2, -0.15) is 4.98 Å². The van der Waals surface area contributed by atoms with Crippen molar-refractivity contribution in [1.82, 2.24) is 30.3 Å². The Kier molecular flexibility index (Phi) is 3.12. The van der Waals surface area contributed by atoms with Crippen LogP contribution in [-0.4, -0.2) is 30.3 Å². The van der Waals surface area contributed by atoms with Gasteiger partial charge in [-0.1, -0.05) is 5.16 Å². The molecule has 0 aliphatic carbocycles. The van der Waals surface area contributed by atoms with Gasteiger partial charge in [-0.15, -0.1) is 5.10 Å². The van der Waals surface area contributed by atoms with Crippen LogP contribution in [0.1, 0.15) is 24.7 Å². The molecular weight excluding hydrogens is 260 g/mol. The summed E-state index contributed by atoms with van der Waals surface area (Å²) in [6.45, 7) is 3.61. The highest BCUT2D eigenvalue weighted by Gasteiger charge is 2.14. The molecule has 0 radical (unpaired) electrons. The molecule has 0 spiro atoms. The minimum Gasteiger partial charge on any atom is -0.481 e. The zero-order valence-electron chi connectivity index (χ0n) is 11.0. The highest BCUT2D eigenvalue weighted by Crippen LogP contribution is 2.21. The van der Waals surface area contributed by atoms with Crippen molar-refractivity contribution in [2.75, 3.05) is 0 Å². The summed E-state index contributed by atoms with van der Waals surface area (Å²) in [5.41, 5.74) is 0.851. The molecule has 8 nitrogen and oxygen atoms in total. The zero-order valence-corrected chi connectivity index (χ0v) is 11.0. The fourth-order valence-electron chi connectivity index (χ4n) is 1.69. The van der Waals surface area contributed by atoms with Crippen molar-refractivity contribution in [3.05, 3.63) is 42.3 Å². The van der Waals surface area contributed by atoms with Gasteiger partial charge >= 0.3 is 0 Å². The molecule has 0 bridgehead atoms. The molecule has 0 aliphatic rings. The van der Waals surface area contributed by atoms with E-state index in [4.69, 9.17) is 9.26 Å². The smallest absolute Gasteiger partial charge is 0.267 e. The lowest BCUT2D eigenvalue weighted by molar-refractivity contribution is 0.175. The van der Waals surface area contributed by atoms with Crippen molar-refractivity contribution in [3.8, 4) is 11.4 Å². The van der Waals surface area contributed by atoms with Gasteiger partial charge in [-0.05, 0) is 48.5 Å². The lowest BCUT2D eigenvalue weighted by atomic mass is 10.3. The van der Waals surface area contributed by atoms with E-state index in [1.807, 2.05) is 31.2 Å². The quantitative estimate of drug-likeness (QED) is 0.710. The van der Waals surface area contributed by atoms with E-state index in [2.05, 4.69) is 25.7 Å². The predicted molar refractivity (Wildman–Crippen MR) is 67.2 cm³/mol. The van der Waals surface area contributed by atoms with Gasteiger partial charge in [0, 0.05) is 0 Å². The Bertz CT molecular complexity index is 676. The number of ether oxygens (including phenoxy) is 1. The molecule has 102 valence electrons. The SMILES string of the molecule is Cc1noc([C@H](C)Oc2ccc(-n3cnnn3)cc2)n1. The van der Waals surface area contributed by atoms with Gasteiger partial charge in [-0.25, -0.2) is 4.68 Å². The minimum atomic E-state index is -0.310. The molecule has 1 aromatic carbocycles. The van der Waals surface area contributed by atoms with Crippen molar-refractivity contribution in [1.29, 1.82) is 0 Å². The first kappa shape index (κ1) is 12.3. The molecule has 3 aromatic rings. The molecule has 2 heterocycles. The second-order valence-electron chi connectivity index (χ2n) is 4.19. The Morgan fingerprint density at radius 1 is 1.25 bits per heavy atom. The fraction of sp³-hybridized carbons (Fsp3) is 0.250. The molecule has 8 heteroatoms. The maximum atomic E-state index is 5.73. The van der Waals surface area contributed by atoms with Crippen LogP contribution in [-0.2, 0) is 0 Å². The monoisotopic (exact) mass is 272 g/mol. The van der Waals surface area contributed by atoms with Crippen molar-refractivity contribution >= 4 is 0 Å². The van der Waals surface area contributed by atoms with Gasteiger partial charge in [0.1, 0.15) is 12.1 Å². The highest BCUT2D eigenvalue weighted by molar-refractivity contribution is 5.36. The second-order valence-corrected chi connectivity index (χ2v) is 4.19. The number of benzene rings is 1. The van der Waals surface area contributed by atoms with Crippen molar-refractivity contribution in [2.24, 2.45) is 0 Å². The summed E-state index contributed by atoms with van der Waals surface area (Å²) in [4.78, 5) is 4.13. The van der Waals surface area contributed by atoms with E-state index < -0.39 is 0 Å². The van der Waals surface area contributed by atoms with Gasteiger partial charge in [0.15, 0.2) is 11.9 Å². The number of hydrogen-bond donors (Lipinski definition) is 0. The number of nitrogens with zero attached hydrogens (tertiary/aromatic N) is 6. The Morgan fingerprint density at radius 2 is 2.05 bits per heavy atom. The zero-order chi connectivity index (χ0) is 13.9. The van der Waals surface area contributed by atoms with E-state index in [0.29, 0.717) is 17.5 Å². The number of aromatic nitrogens is 6. The van der Waals surface area contributed by atoms with Crippen molar-refractivity contribution in [2.45, 2.75) is 20.0 Å². The van der Waals surface area contributed by atoms with E-state index >= 15 is 0 Å². The average Bonchev–Trinajstić information content (AvgIpc) is 3.10. The summed E-state index contributed by atoms with van der Waals surface area (Å²) in [6.07, 6.45) is 1.22. The summed E-state index contributed by atoms with van der Waals surface area (Å²) < 4.78 is 12.4. The largest absolute Gasteiger partial charge is 0.481 e. The molecule has 1 atom stereocenters. The molecule has 0 saturated heterocycles. The van der Waals surface area contributed by atoms with Crippen LogP contribution in [0.4, 0.5) is 0 Å². The topological polar surface area (TPSA) is 91.8 Å². The van der Waals surface area contributed by atoms with E-state index in [9.17, 15) is 0 Å². The Labute approximate surface area is 114 Å². The molecule has 20 heavy (non-hydrogen) atoms. The van der Waals surface area contributed by atoms with Crippen LogP contribution >= 0.6 is 0 Å². The summed E-state index contributed by atoms with van der Waals surface area (Å²) >= 11 is 0. The molecule has 0 unspecified atom stereocenters. The Hall–Kier alpha value is -2.77. The van der Waals surface area contributed by atoms with Crippen LogP contribution in [0.2, 0.25) is 0 Å². The fourth-order valence-corrected chi connectivity index (χ4v) is 1.69. The predicted octanol–water partition coefficient (Wildman–Crippen LogP) is 1.49. The lowest BCUT2D eigenvalue weighted by Crippen LogP contribution is -2.04. The Morgan fingerprint density at radius 3 is 2.65 bits per heavy atom. The lowest BCUT2D eigenvalue weighted by Gasteiger charge is -2.10. The van der Waals surface area contributed by atoms with E-state index in [0.717, 1.165) is 5.69 Å².